The standard InChI is InChI=1S/C17H26N2O3.ClH/c1-3-21-15-6-8-16(9-7-15)22-12-4-5-17(20)19-11-10-18-13-14(19)2;/h6-9,14,18H,3-5,10-13H2,1-2H3;1H. The highest BCUT2D eigenvalue weighted by Crippen LogP contribution is 2.17. The molecule has 5 nitrogen and oxygen atoms in total. The monoisotopic (exact) mass is 342 g/mol. The van der Waals surface area contributed by atoms with Crippen molar-refractivity contribution in [3.05, 3.63) is 24.3 Å². The predicted molar refractivity (Wildman–Crippen MR) is 93.6 cm³/mol. The van der Waals surface area contributed by atoms with Crippen LogP contribution in [0.1, 0.15) is 26.7 Å². The number of hydrogen-bond acceptors (Lipinski definition) is 4. The number of nitrogens with one attached hydrogen (secondary N) is 1. The lowest BCUT2D eigenvalue weighted by Gasteiger charge is -2.34. The molecule has 23 heavy (non-hydrogen) atoms. The normalized spacial score (nSPS) is 17.3. The molecular weight excluding hydrogens is 316 g/mol. The van der Waals surface area contributed by atoms with Crippen LogP contribution in [0.2, 0.25) is 0 Å². The average molecular weight is 343 g/mol. The first kappa shape index (κ1) is 19.6. The zero-order valence-electron chi connectivity index (χ0n) is 13.9. The molecule has 0 radical (unpaired) electrons. The zero-order valence-corrected chi connectivity index (χ0v) is 14.7. The Balaban J connectivity index is 0.00000264. The van der Waals surface area contributed by atoms with E-state index >= 15 is 0 Å². The van der Waals surface area contributed by atoms with Gasteiger partial charge in [0.2, 0.25) is 5.91 Å². The molecule has 0 spiro atoms. The van der Waals surface area contributed by atoms with Gasteiger partial charge in [0.15, 0.2) is 0 Å². The molecule has 1 N–H and O–H groups in total. The van der Waals surface area contributed by atoms with Crippen LogP contribution in [0, 0.1) is 0 Å². The van der Waals surface area contributed by atoms with E-state index in [9.17, 15) is 4.79 Å². The minimum Gasteiger partial charge on any atom is -0.494 e. The second-order valence-electron chi connectivity index (χ2n) is 5.50. The summed E-state index contributed by atoms with van der Waals surface area (Å²) in [5.74, 6) is 1.88. The lowest BCUT2D eigenvalue weighted by atomic mass is 10.2. The van der Waals surface area contributed by atoms with Gasteiger partial charge < -0.3 is 19.7 Å². The number of hydrogen-bond donors (Lipinski definition) is 1. The first-order valence-corrected chi connectivity index (χ1v) is 8.06. The molecule has 1 aliphatic rings. The molecular formula is C17H27ClN2O3. The molecule has 1 amide bonds. The van der Waals surface area contributed by atoms with Gasteiger partial charge in [0.1, 0.15) is 11.5 Å². The van der Waals surface area contributed by atoms with E-state index in [1.807, 2.05) is 36.1 Å². The molecule has 1 saturated heterocycles. The van der Waals surface area contributed by atoms with Gasteiger partial charge in [-0.05, 0) is 44.5 Å². The summed E-state index contributed by atoms with van der Waals surface area (Å²) in [6.07, 6.45) is 1.28. The number of nitrogens with zero attached hydrogens (tertiary/aromatic N) is 1. The van der Waals surface area contributed by atoms with Crippen LogP contribution >= 0.6 is 12.4 Å². The van der Waals surface area contributed by atoms with E-state index < -0.39 is 0 Å². The number of carbonyl (C=O) groups excluding carboxylic acids is 1. The van der Waals surface area contributed by atoms with E-state index in [2.05, 4.69) is 12.2 Å². The number of halogens is 1. The van der Waals surface area contributed by atoms with Crippen LogP contribution in [0.4, 0.5) is 0 Å². The number of carbonyl (C=O) groups is 1. The maximum Gasteiger partial charge on any atom is 0.223 e. The lowest BCUT2D eigenvalue weighted by molar-refractivity contribution is -0.134. The fourth-order valence-electron chi connectivity index (χ4n) is 2.57. The largest absolute Gasteiger partial charge is 0.494 e. The van der Waals surface area contributed by atoms with Gasteiger partial charge >= 0.3 is 0 Å². The van der Waals surface area contributed by atoms with Gasteiger partial charge in [0, 0.05) is 32.1 Å². The van der Waals surface area contributed by atoms with Crippen molar-refractivity contribution in [2.45, 2.75) is 32.7 Å². The van der Waals surface area contributed by atoms with Crippen molar-refractivity contribution in [2.75, 3.05) is 32.8 Å². The van der Waals surface area contributed by atoms with Gasteiger partial charge in [-0.25, -0.2) is 0 Å². The van der Waals surface area contributed by atoms with Crippen molar-refractivity contribution >= 4 is 18.3 Å². The molecule has 1 fully saturated rings. The van der Waals surface area contributed by atoms with Crippen molar-refractivity contribution in [3.63, 3.8) is 0 Å². The highest BCUT2D eigenvalue weighted by molar-refractivity contribution is 5.85. The fraction of sp³-hybridized carbons (Fsp3) is 0.588. The number of ether oxygens (including phenoxy) is 2. The maximum absolute atomic E-state index is 12.2. The molecule has 6 heteroatoms. The Kier molecular flexibility index (Phi) is 8.81. The summed E-state index contributed by atoms with van der Waals surface area (Å²) in [6.45, 7) is 7.83. The summed E-state index contributed by atoms with van der Waals surface area (Å²) in [5.41, 5.74) is 0. The van der Waals surface area contributed by atoms with Crippen LogP contribution < -0.4 is 14.8 Å². The van der Waals surface area contributed by atoms with Crippen LogP contribution in [0.5, 0.6) is 11.5 Å². The van der Waals surface area contributed by atoms with E-state index in [0.717, 1.165) is 37.6 Å². The van der Waals surface area contributed by atoms with E-state index in [0.29, 0.717) is 19.6 Å². The second-order valence-corrected chi connectivity index (χ2v) is 5.50. The molecule has 1 atom stereocenters. The van der Waals surface area contributed by atoms with E-state index in [1.54, 1.807) is 0 Å². The van der Waals surface area contributed by atoms with Crippen LogP contribution in [0.25, 0.3) is 0 Å². The summed E-state index contributed by atoms with van der Waals surface area (Å²) in [7, 11) is 0. The maximum atomic E-state index is 12.2. The molecule has 1 aromatic rings. The third-order valence-corrected chi connectivity index (χ3v) is 3.76. The van der Waals surface area contributed by atoms with Crippen LogP contribution in [-0.2, 0) is 4.79 Å². The quantitative estimate of drug-likeness (QED) is 0.773. The molecule has 0 aliphatic carbocycles. The molecule has 0 saturated carbocycles. The van der Waals surface area contributed by atoms with E-state index in [-0.39, 0.29) is 24.4 Å². The van der Waals surface area contributed by atoms with Gasteiger partial charge in [0.05, 0.1) is 13.2 Å². The number of benzene rings is 1. The third kappa shape index (κ3) is 6.28. The molecule has 0 aromatic heterocycles. The number of piperazine rings is 1. The summed E-state index contributed by atoms with van der Waals surface area (Å²) >= 11 is 0. The van der Waals surface area contributed by atoms with Crippen LogP contribution in [-0.4, -0.2) is 49.7 Å². The second kappa shape index (κ2) is 10.3. The van der Waals surface area contributed by atoms with Gasteiger partial charge in [-0.15, -0.1) is 12.4 Å². The molecule has 1 heterocycles. The Morgan fingerprint density at radius 1 is 1.26 bits per heavy atom. The minimum atomic E-state index is 0. The fourth-order valence-corrected chi connectivity index (χ4v) is 2.57. The Bertz CT molecular complexity index is 467. The third-order valence-electron chi connectivity index (χ3n) is 3.76. The minimum absolute atomic E-state index is 0. The first-order valence-electron chi connectivity index (χ1n) is 8.06. The smallest absolute Gasteiger partial charge is 0.223 e. The van der Waals surface area contributed by atoms with Gasteiger partial charge in [-0.2, -0.15) is 0 Å². The van der Waals surface area contributed by atoms with E-state index in [4.69, 9.17) is 9.47 Å². The molecule has 1 aromatic carbocycles. The van der Waals surface area contributed by atoms with Gasteiger partial charge in [-0.1, -0.05) is 0 Å². The molecule has 2 rings (SSSR count). The van der Waals surface area contributed by atoms with E-state index in [1.165, 1.54) is 0 Å². The van der Waals surface area contributed by atoms with Crippen molar-refractivity contribution in [1.29, 1.82) is 0 Å². The molecule has 130 valence electrons. The molecule has 1 unspecified atom stereocenters. The summed E-state index contributed by atoms with van der Waals surface area (Å²) in [6, 6.07) is 7.86. The van der Waals surface area contributed by atoms with Crippen LogP contribution in [0.3, 0.4) is 0 Å². The Labute approximate surface area is 144 Å². The van der Waals surface area contributed by atoms with Crippen molar-refractivity contribution < 1.29 is 14.3 Å². The Hall–Kier alpha value is -1.46. The Morgan fingerprint density at radius 2 is 1.91 bits per heavy atom. The van der Waals surface area contributed by atoms with Crippen molar-refractivity contribution in [3.8, 4) is 11.5 Å². The van der Waals surface area contributed by atoms with Crippen molar-refractivity contribution in [2.24, 2.45) is 0 Å². The Morgan fingerprint density at radius 3 is 2.52 bits per heavy atom. The first-order chi connectivity index (χ1) is 10.7. The average Bonchev–Trinajstić information content (AvgIpc) is 2.53. The summed E-state index contributed by atoms with van der Waals surface area (Å²) in [4.78, 5) is 14.1. The zero-order chi connectivity index (χ0) is 15.8. The summed E-state index contributed by atoms with van der Waals surface area (Å²) < 4.78 is 11.0. The van der Waals surface area contributed by atoms with Gasteiger partial charge in [-0.3, -0.25) is 4.79 Å². The summed E-state index contributed by atoms with van der Waals surface area (Å²) in [5, 5.41) is 3.29. The number of rotatable bonds is 7. The van der Waals surface area contributed by atoms with Crippen molar-refractivity contribution in [1.82, 2.24) is 10.2 Å². The predicted octanol–water partition coefficient (Wildman–Crippen LogP) is 2.49. The number of amides is 1. The highest BCUT2D eigenvalue weighted by Gasteiger charge is 2.22. The SMILES string of the molecule is CCOc1ccc(OCCCC(=O)N2CCNCC2C)cc1.Cl. The topological polar surface area (TPSA) is 50.8 Å². The highest BCUT2D eigenvalue weighted by atomic mass is 35.5. The molecule has 0 bridgehead atoms. The van der Waals surface area contributed by atoms with Crippen LogP contribution in [0.15, 0.2) is 24.3 Å². The lowest BCUT2D eigenvalue weighted by Crippen LogP contribution is -2.52. The molecule has 1 aliphatic heterocycles. The van der Waals surface area contributed by atoms with Gasteiger partial charge in [0.25, 0.3) is 0 Å².